The molecule has 5 heterocycles. The second kappa shape index (κ2) is 11.5. The number of likely N-dealkylation sites (tertiary alicyclic amines) is 1. The van der Waals surface area contributed by atoms with Gasteiger partial charge >= 0.3 is 0 Å². The predicted octanol–water partition coefficient (Wildman–Crippen LogP) is 2.05. The molecule has 5 rings (SSSR count). The van der Waals surface area contributed by atoms with E-state index in [4.69, 9.17) is 4.74 Å². The second-order valence-corrected chi connectivity index (χ2v) is 9.69. The van der Waals surface area contributed by atoms with E-state index in [0.717, 1.165) is 4.90 Å². The molecule has 2 atom stereocenters. The zero-order chi connectivity index (χ0) is 25.2. The Morgan fingerprint density at radius 1 is 1.32 bits per heavy atom. The van der Waals surface area contributed by atoms with Gasteiger partial charge in [-0.3, -0.25) is 14.6 Å². The highest BCUT2D eigenvalue weighted by molar-refractivity contribution is 8.00. The van der Waals surface area contributed by atoms with Crippen LogP contribution < -0.4 is 15.4 Å². The summed E-state index contributed by atoms with van der Waals surface area (Å²) in [5, 5.41) is 16.2. The van der Waals surface area contributed by atoms with Crippen molar-refractivity contribution >= 4 is 52.8 Å². The number of nitrogens with zero attached hydrogens (tertiary/aromatic N) is 4. The van der Waals surface area contributed by atoms with Crippen LogP contribution in [0.25, 0.3) is 11.0 Å². The van der Waals surface area contributed by atoms with Gasteiger partial charge in [0, 0.05) is 31.3 Å². The highest BCUT2D eigenvalue weighted by Gasteiger charge is 2.30. The first-order chi connectivity index (χ1) is 17.4. The quantitative estimate of drug-likeness (QED) is 0.423. The molecular formula is C24H26ClFN6O4S. The number of β-amino-alcohol motifs (C(OH)–C–C–N with tert-alkyl or cyclic N) is 1. The molecule has 3 N–H and O–H groups in total. The summed E-state index contributed by atoms with van der Waals surface area (Å²) in [4.78, 5) is 39.9. The summed E-state index contributed by atoms with van der Waals surface area (Å²) < 4.78 is 19.8. The van der Waals surface area contributed by atoms with E-state index < -0.39 is 23.9 Å². The van der Waals surface area contributed by atoms with Crippen molar-refractivity contribution in [2.75, 3.05) is 37.8 Å². The minimum absolute atomic E-state index is 0. The smallest absolute Gasteiger partial charge is 0.270 e. The molecule has 0 aliphatic carbocycles. The van der Waals surface area contributed by atoms with E-state index in [1.54, 1.807) is 24.3 Å². The molecular weight excluding hydrogens is 523 g/mol. The summed E-state index contributed by atoms with van der Waals surface area (Å²) in [6, 6.07) is 6.34. The number of aromatic nitrogens is 3. The number of rotatable bonds is 6. The largest absolute Gasteiger partial charge is 0.481 e. The van der Waals surface area contributed by atoms with Gasteiger partial charge in [0.2, 0.25) is 11.8 Å². The molecule has 196 valence electrons. The number of hydrogen-bond donors (Lipinski definition) is 3. The first-order valence-electron chi connectivity index (χ1n) is 11.5. The predicted molar refractivity (Wildman–Crippen MR) is 139 cm³/mol. The van der Waals surface area contributed by atoms with Crippen LogP contribution in [0, 0.1) is 5.82 Å². The van der Waals surface area contributed by atoms with Crippen molar-refractivity contribution in [2.45, 2.75) is 29.9 Å². The molecule has 2 amide bonds. The van der Waals surface area contributed by atoms with Gasteiger partial charge in [0.1, 0.15) is 17.3 Å². The van der Waals surface area contributed by atoms with Gasteiger partial charge in [-0.05, 0) is 31.0 Å². The average molecular weight is 549 g/mol. The molecule has 37 heavy (non-hydrogen) atoms. The summed E-state index contributed by atoms with van der Waals surface area (Å²) >= 11 is 1.37. The van der Waals surface area contributed by atoms with Gasteiger partial charge in [-0.1, -0.05) is 0 Å². The maximum Gasteiger partial charge on any atom is 0.270 e. The van der Waals surface area contributed by atoms with Crippen LogP contribution in [0.1, 0.15) is 22.5 Å². The summed E-state index contributed by atoms with van der Waals surface area (Å²) in [7, 11) is 1.50. The number of methoxy groups -OCH3 is 1. The van der Waals surface area contributed by atoms with Crippen molar-refractivity contribution in [3.05, 3.63) is 47.5 Å². The molecule has 3 aromatic heterocycles. The van der Waals surface area contributed by atoms with Gasteiger partial charge in [0.05, 0.1) is 47.1 Å². The highest BCUT2D eigenvalue weighted by Crippen LogP contribution is 2.29. The van der Waals surface area contributed by atoms with E-state index in [1.807, 2.05) is 4.90 Å². The van der Waals surface area contributed by atoms with Crippen LogP contribution in [-0.4, -0.2) is 81.4 Å². The van der Waals surface area contributed by atoms with E-state index in [1.165, 1.54) is 25.1 Å². The van der Waals surface area contributed by atoms with E-state index in [9.17, 15) is 19.1 Å². The normalized spacial score (nSPS) is 19.5. The van der Waals surface area contributed by atoms with Crippen molar-refractivity contribution in [2.24, 2.45) is 0 Å². The van der Waals surface area contributed by atoms with Crippen LogP contribution >= 0.6 is 24.2 Å². The SMILES string of the molecule is COc1ccc2ncc(F)c(CCN3CC[C@@H](NC(=O)c4ccc5c(n4)NC(=O)CS5)[C@@H](O)C3)c2n1.Cl. The van der Waals surface area contributed by atoms with Gasteiger partial charge in [-0.15, -0.1) is 24.2 Å². The molecule has 2 aliphatic heterocycles. The summed E-state index contributed by atoms with van der Waals surface area (Å²) in [5.74, 6) is 0.0816. The number of anilines is 1. The summed E-state index contributed by atoms with van der Waals surface area (Å²) in [5.41, 5.74) is 1.67. The number of ether oxygens (including phenoxy) is 1. The van der Waals surface area contributed by atoms with Gasteiger partial charge in [0.25, 0.3) is 5.91 Å². The Labute approximate surface area is 222 Å². The van der Waals surface area contributed by atoms with Crippen LogP contribution in [0.5, 0.6) is 5.88 Å². The molecule has 1 saturated heterocycles. The Hall–Kier alpha value is -3.06. The lowest BCUT2D eigenvalue weighted by Crippen LogP contribution is -2.54. The molecule has 2 aliphatic rings. The van der Waals surface area contributed by atoms with Crippen LogP contribution in [-0.2, 0) is 11.2 Å². The molecule has 13 heteroatoms. The minimum atomic E-state index is -0.798. The third-order valence-electron chi connectivity index (χ3n) is 6.32. The van der Waals surface area contributed by atoms with Crippen molar-refractivity contribution < 1.29 is 23.8 Å². The van der Waals surface area contributed by atoms with Crippen molar-refractivity contribution in [1.82, 2.24) is 25.2 Å². The van der Waals surface area contributed by atoms with E-state index in [2.05, 4.69) is 25.6 Å². The Kier molecular flexibility index (Phi) is 8.42. The topological polar surface area (TPSA) is 130 Å². The number of fused-ring (bicyclic) bond motifs is 2. The maximum atomic E-state index is 14.6. The number of carbonyl (C=O) groups is 2. The molecule has 0 spiro atoms. The number of thioether (sulfide) groups is 1. The number of piperidine rings is 1. The Bertz CT molecular complexity index is 1330. The van der Waals surface area contributed by atoms with Crippen LogP contribution in [0.4, 0.5) is 10.2 Å². The zero-order valence-corrected chi connectivity index (χ0v) is 21.6. The average Bonchev–Trinajstić information content (AvgIpc) is 2.88. The fourth-order valence-corrected chi connectivity index (χ4v) is 5.16. The third kappa shape index (κ3) is 5.93. The van der Waals surface area contributed by atoms with Crippen molar-refractivity contribution in [3.63, 3.8) is 0 Å². The molecule has 0 saturated carbocycles. The number of nitrogens with one attached hydrogen (secondary N) is 2. The first-order valence-corrected chi connectivity index (χ1v) is 12.5. The Morgan fingerprint density at radius 3 is 2.95 bits per heavy atom. The van der Waals surface area contributed by atoms with Crippen molar-refractivity contribution in [3.8, 4) is 5.88 Å². The number of aliphatic hydroxyl groups is 1. The molecule has 3 aromatic rings. The van der Waals surface area contributed by atoms with Crippen LogP contribution in [0.15, 0.2) is 35.4 Å². The monoisotopic (exact) mass is 548 g/mol. The lowest BCUT2D eigenvalue weighted by molar-refractivity contribution is -0.113. The number of carbonyl (C=O) groups excluding carboxylic acids is 2. The molecule has 0 radical (unpaired) electrons. The zero-order valence-electron chi connectivity index (χ0n) is 19.9. The lowest BCUT2D eigenvalue weighted by Gasteiger charge is -2.36. The molecule has 1 fully saturated rings. The van der Waals surface area contributed by atoms with Gasteiger partial charge < -0.3 is 25.4 Å². The Balaban J connectivity index is 0.00000320. The maximum absolute atomic E-state index is 14.6. The van der Waals surface area contributed by atoms with Gasteiger partial charge in [-0.2, -0.15) is 0 Å². The van der Waals surface area contributed by atoms with E-state index >= 15 is 0 Å². The number of hydrogen-bond acceptors (Lipinski definition) is 9. The van der Waals surface area contributed by atoms with E-state index in [0.29, 0.717) is 66.5 Å². The first kappa shape index (κ1) is 27.0. The number of pyridine rings is 3. The number of halogens is 2. The Morgan fingerprint density at radius 2 is 2.16 bits per heavy atom. The molecule has 0 aromatic carbocycles. The minimum Gasteiger partial charge on any atom is -0.481 e. The standard InChI is InChI=1S/C24H25FN6O4S.ClH/c1-35-21-5-3-16-22(30-21)13(14(25)10-26-16)6-8-31-9-7-15(18(32)11-31)28-24(34)17-2-4-19-23(27-17)29-20(33)12-36-19;/h2-5,10,15,18,32H,6-9,11-12H2,1H3,(H,28,34)(H,27,29,33);1H/t15-,18+;/m1./s1. The van der Waals surface area contributed by atoms with Gasteiger partial charge in [0.15, 0.2) is 0 Å². The van der Waals surface area contributed by atoms with E-state index in [-0.39, 0.29) is 24.0 Å². The molecule has 10 nitrogen and oxygen atoms in total. The molecule has 0 bridgehead atoms. The number of amides is 2. The second-order valence-electron chi connectivity index (χ2n) is 8.67. The highest BCUT2D eigenvalue weighted by atomic mass is 35.5. The van der Waals surface area contributed by atoms with Crippen molar-refractivity contribution in [1.29, 1.82) is 0 Å². The van der Waals surface area contributed by atoms with Crippen LogP contribution in [0.2, 0.25) is 0 Å². The van der Waals surface area contributed by atoms with Gasteiger partial charge in [-0.25, -0.2) is 14.4 Å². The van der Waals surface area contributed by atoms with Crippen LogP contribution in [0.3, 0.4) is 0 Å². The lowest BCUT2D eigenvalue weighted by atomic mass is 10.0. The number of aliphatic hydroxyl groups excluding tert-OH is 1. The third-order valence-corrected chi connectivity index (χ3v) is 7.36. The summed E-state index contributed by atoms with van der Waals surface area (Å²) in [6.45, 7) is 1.46. The summed E-state index contributed by atoms with van der Waals surface area (Å²) in [6.07, 6.45) is 1.31. The fraction of sp³-hybridized carbons (Fsp3) is 0.375. The fourth-order valence-electron chi connectivity index (χ4n) is 4.40. The molecule has 0 unspecified atom stereocenters.